The van der Waals surface area contributed by atoms with Gasteiger partial charge in [-0.15, -0.1) is 0 Å². The maximum absolute atomic E-state index is 11.9. The fraction of sp³-hybridized carbons (Fsp3) is 0.462. The smallest absolute Gasteiger partial charge is 0.251 e. The minimum atomic E-state index is -0.129. The lowest BCUT2D eigenvalue weighted by atomic mass is 10.0. The molecule has 1 heterocycles. The van der Waals surface area contributed by atoms with Gasteiger partial charge in [-0.3, -0.25) is 4.79 Å². The van der Waals surface area contributed by atoms with Crippen LogP contribution in [0.1, 0.15) is 23.7 Å². The second-order valence-electron chi connectivity index (χ2n) is 4.57. The van der Waals surface area contributed by atoms with E-state index in [0.717, 1.165) is 13.0 Å². The Morgan fingerprint density at radius 1 is 1.61 bits per heavy atom. The first-order valence-electron chi connectivity index (χ1n) is 6.02. The molecule has 1 fully saturated rings. The maximum Gasteiger partial charge on any atom is 0.251 e. The van der Waals surface area contributed by atoms with Crippen molar-refractivity contribution in [1.82, 2.24) is 5.32 Å². The number of amides is 1. The quantitative estimate of drug-likeness (QED) is 0.825. The number of hydrogen-bond acceptors (Lipinski definition) is 3. The maximum atomic E-state index is 11.9. The summed E-state index contributed by atoms with van der Waals surface area (Å²) in [7, 11) is 0. The van der Waals surface area contributed by atoms with E-state index >= 15 is 0 Å². The van der Waals surface area contributed by atoms with Gasteiger partial charge >= 0.3 is 0 Å². The molecule has 1 aliphatic heterocycles. The molecule has 0 saturated carbocycles. The predicted octanol–water partition coefficient (Wildman–Crippen LogP) is 2.08. The average molecular weight is 269 g/mol. The van der Waals surface area contributed by atoms with Crippen LogP contribution in [-0.4, -0.2) is 25.2 Å². The van der Waals surface area contributed by atoms with E-state index in [1.165, 1.54) is 0 Å². The van der Waals surface area contributed by atoms with Crippen LogP contribution in [0, 0.1) is 5.92 Å². The van der Waals surface area contributed by atoms with Crippen LogP contribution >= 0.6 is 11.6 Å². The zero-order valence-corrected chi connectivity index (χ0v) is 11.0. The number of nitrogen functional groups attached to an aromatic ring is 1. The van der Waals surface area contributed by atoms with Gasteiger partial charge in [-0.25, -0.2) is 0 Å². The first kappa shape index (κ1) is 13.2. The SMILES string of the molecule is CC1OCCC1CNC(=O)c1ccc(N)c(Cl)c1. The van der Waals surface area contributed by atoms with Gasteiger partial charge in [0.1, 0.15) is 0 Å². The molecule has 3 N–H and O–H groups in total. The first-order chi connectivity index (χ1) is 8.58. The van der Waals surface area contributed by atoms with Crippen molar-refractivity contribution in [2.45, 2.75) is 19.4 Å². The van der Waals surface area contributed by atoms with Crippen molar-refractivity contribution in [3.63, 3.8) is 0 Å². The zero-order valence-electron chi connectivity index (χ0n) is 10.3. The van der Waals surface area contributed by atoms with Gasteiger partial charge in [0.2, 0.25) is 0 Å². The van der Waals surface area contributed by atoms with Gasteiger partial charge in [-0.05, 0) is 31.5 Å². The molecule has 0 aromatic heterocycles. The molecule has 0 radical (unpaired) electrons. The van der Waals surface area contributed by atoms with Crippen LogP contribution in [-0.2, 0) is 4.74 Å². The number of halogens is 1. The molecule has 1 aromatic rings. The number of nitrogens with one attached hydrogen (secondary N) is 1. The molecule has 5 heteroatoms. The molecule has 4 nitrogen and oxygen atoms in total. The van der Waals surface area contributed by atoms with E-state index in [9.17, 15) is 4.79 Å². The Labute approximate surface area is 111 Å². The number of ether oxygens (including phenoxy) is 1. The number of carbonyl (C=O) groups excluding carboxylic acids is 1. The van der Waals surface area contributed by atoms with Crippen molar-refractivity contribution in [3.05, 3.63) is 28.8 Å². The van der Waals surface area contributed by atoms with Gasteiger partial charge in [0.05, 0.1) is 16.8 Å². The summed E-state index contributed by atoms with van der Waals surface area (Å²) in [5.41, 5.74) is 6.61. The minimum absolute atomic E-state index is 0.129. The number of anilines is 1. The third kappa shape index (κ3) is 2.94. The standard InChI is InChI=1S/C13H17ClN2O2/c1-8-10(4-5-18-8)7-16-13(17)9-2-3-12(15)11(14)6-9/h2-3,6,8,10H,4-5,7,15H2,1H3,(H,16,17). The summed E-state index contributed by atoms with van der Waals surface area (Å²) in [6.45, 7) is 3.43. The Bertz CT molecular complexity index is 451. The van der Waals surface area contributed by atoms with Gasteiger partial charge in [0.25, 0.3) is 5.91 Å². The molecule has 0 spiro atoms. The van der Waals surface area contributed by atoms with Crippen molar-refractivity contribution in [2.24, 2.45) is 5.92 Å². The molecular weight excluding hydrogens is 252 g/mol. The molecule has 1 amide bonds. The molecule has 0 aliphatic carbocycles. The van der Waals surface area contributed by atoms with E-state index in [0.29, 0.717) is 28.7 Å². The molecule has 18 heavy (non-hydrogen) atoms. The van der Waals surface area contributed by atoms with Crippen LogP contribution in [0.2, 0.25) is 5.02 Å². The van der Waals surface area contributed by atoms with Crippen LogP contribution in [0.4, 0.5) is 5.69 Å². The Morgan fingerprint density at radius 3 is 3.00 bits per heavy atom. The monoisotopic (exact) mass is 268 g/mol. The lowest BCUT2D eigenvalue weighted by Crippen LogP contribution is -2.31. The molecule has 1 aliphatic rings. The summed E-state index contributed by atoms with van der Waals surface area (Å²) in [6, 6.07) is 4.89. The van der Waals surface area contributed by atoms with Crippen LogP contribution in [0.5, 0.6) is 0 Å². The molecule has 1 saturated heterocycles. The van der Waals surface area contributed by atoms with E-state index in [1.54, 1.807) is 18.2 Å². The number of carbonyl (C=O) groups is 1. The Morgan fingerprint density at radius 2 is 2.39 bits per heavy atom. The summed E-state index contributed by atoms with van der Waals surface area (Å²) >= 11 is 5.88. The van der Waals surface area contributed by atoms with Gasteiger partial charge in [0.15, 0.2) is 0 Å². The highest BCUT2D eigenvalue weighted by Crippen LogP contribution is 2.21. The van der Waals surface area contributed by atoms with E-state index < -0.39 is 0 Å². The third-order valence-electron chi connectivity index (χ3n) is 3.32. The molecular formula is C13H17ClN2O2. The van der Waals surface area contributed by atoms with Gasteiger partial charge in [-0.1, -0.05) is 11.6 Å². The van der Waals surface area contributed by atoms with Crippen molar-refractivity contribution in [1.29, 1.82) is 0 Å². The fourth-order valence-electron chi connectivity index (χ4n) is 2.04. The molecule has 2 atom stereocenters. The van der Waals surface area contributed by atoms with Crippen LogP contribution in [0.15, 0.2) is 18.2 Å². The van der Waals surface area contributed by atoms with Gasteiger partial charge in [0, 0.05) is 24.6 Å². The summed E-state index contributed by atoms with van der Waals surface area (Å²) in [4.78, 5) is 11.9. The van der Waals surface area contributed by atoms with E-state index in [1.807, 2.05) is 6.92 Å². The summed E-state index contributed by atoms with van der Waals surface area (Å²) in [6.07, 6.45) is 1.20. The number of nitrogens with two attached hydrogens (primary N) is 1. The predicted molar refractivity (Wildman–Crippen MR) is 71.7 cm³/mol. The topological polar surface area (TPSA) is 64.3 Å². The highest BCUT2D eigenvalue weighted by Gasteiger charge is 2.24. The van der Waals surface area contributed by atoms with Crippen LogP contribution in [0.3, 0.4) is 0 Å². The lowest BCUT2D eigenvalue weighted by molar-refractivity contribution is 0.0907. The van der Waals surface area contributed by atoms with Crippen LogP contribution < -0.4 is 11.1 Å². The number of hydrogen-bond donors (Lipinski definition) is 2. The summed E-state index contributed by atoms with van der Waals surface area (Å²) < 4.78 is 5.45. The summed E-state index contributed by atoms with van der Waals surface area (Å²) in [5, 5.41) is 3.30. The first-order valence-corrected chi connectivity index (χ1v) is 6.40. The summed E-state index contributed by atoms with van der Waals surface area (Å²) in [5.74, 6) is 0.259. The van der Waals surface area contributed by atoms with E-state index in [4.69, 9.17) is 22.1 Å². The van der Waals surface area contributed by atoms with Gasteiger partial charge in [-0.2, -0.15) is 0 Å². The highest BCUT2D eigenvalue weighted by atomic mass is 35.5. The highest BCUT2D eigenvalue weighted by molar-refractivity contribution is 6.33. The van der Waals surface area contributed by atoms with Gasteiger partial charge < -0.3 is 15.8 Å². The Kier molecular flexibility index (Phi) is 4.09. The lowest BCUT2D eigenvalue weighted by Gasteiger charge is -2.14. The average Bonchev–Trinajstić information content (AvgIpc) is 2.75. The van der Waals surface area contributed by atoms with Crippen molar-refractivity contribution < 1.29 is 9.53 Å². The zero-order chi connectivity index (χ0) is 13.1. The number of rotatable bonds is 3. The van der Waals surface area contributed by atoms with Crippen molar-refractivity contribution in [2.75, 3.05) is 18.9 Å². The molecule has 98 valence electrons. The largest absolute Gasteiger partial charge is 0.398 e. The molecule has 1 aromatic carbocycles. The Balaban J connectivity index is 1.93. The Hall–Kier alpha value is -1.26. The van der Waals surface area contributed by atoms with E-state index in [-0.39, 0.29) is 12.0 Å². The van der Waals surface area contributed by atoms with Crippen molar-refractivity contribution >= 4 is 23.2 Å². The minimum Gasteiger partial charge on any atom is -0.398 e. The van der Waals surface area contributed by atoms with Crippen molar-refractivity contribution in [3.8, 4) is 0 Å². The normalized spacial score (nSPS) is 23.0. The second kappa shape index (κ2) is 5.59. The molecule has 0 bridgehead atoms. The molecule has 2 unspecified atom stereocenters. The van der Waals surface area contributed by atoms with E-state index in [2.05, 4.69) is 5.32 Å². The number of benzene rings is 1. The second-order valence-corrected chi connectivity index (χ2v) is 4.98. The third-order valence-corrected chi connectivity index (χ3v) is 3.65. The van der Waals surface area contributed by atoms with Crippen LogP contribution in [0.25, 0.3) is 0 Å². The molecule has 2 rings (SSSR count). The fourth-order valence-corrected chi connectivity index (χ4v) is 2.22.